The number of carbonyl (C=O) groups is 1. The molecule has 2 aromatic carbocycles. The monoisotopic (exact) mass is 412 g/mol. The van der Waals surface area contributed by atoms with Gasteiger partial charge in [-0.1, -0.05) is 29.3 Å². The predicted molar refractivity (Wildman–Crippen MR) is 114 cm³/mol. The van der Waals surface area contributed by atoms with Crippen molar-refractivity contribution in [3.8, 4) is 0 Å². The lowest BCUT2D eigenvalue weighted by Gasteiger charge is -2.20. The molecule has 142 valence electrons. The quantitative estimate of drug-likeness (QED) is 0.541. The molecular formula is C21H18Cl2N4O. The maximum absolute atomic E-state index is 12.6. The van der Waals surface area contributed by atoms with Crippen LogP contribution < -0.4 is 10.6 Å². The van der Waals surface area contributed by atoms with Gasteiger partial charge in [-0.05, 0) is 61.7 Å². The molecule has 0 unspecified atom stereocenters. The van der Waals surface area contributed by atoms with Crippen LogP contribution in [0.15, 0.2) is 42.5 Å². The van der Waals surface area contributed by atoms with Crippen LogP contribution in [-0.4, -0.2) is 15.8 Å². The van der Waals surface area contributed by atoms with Crippen LogP contribution in [0.3, 0.4) is 0 Å². The molecule has 0 radical (unpaired) electrons. The van der Waals surface area contributed by atoms with E-state index in [-0.39, 0.29) is 5.78 Å². The third-order valence-corrected chi connectivity index (χ3v) is 5.36. The van der Waals surface area contributed by atoms with Gasteiger partial charge in [-0.2, -0.15) is 4.98 Å². The summed E-state index contributed by atoms with van der Waals surface area (Å²) in [7, 11) is 0. The first-order valence-electron chi connectivity index (χ1n) is 9.00. The van der Waals surface area contributed by atoms with Crippen LogP contribution in [0.1, 0.15) is 34.5 Å². The molecule has 0 aliphatic heterocycles. The van der Waals surface area contributed by atoms with Crippen molar-refractivity contribution < 1.29 is 4.79 Å². The minimum absolute atomic E-state index is 0.0569. The maximum atomic E-state index is 12.6. The van der Waals surface area contributed by atoms with Gasteiger partial charge in [0.25, 0.3) is 0 Å². The zero-order valence-electron chi connectivity index (χ0n) is 15.2. The summed E-state index contributed by atoms with van der Waals surface area (Å²) in [5, 5.41) is 7.79. The van der Waals surface area contributed by atoms with E-state index in [9.17, 15) is 4.79 Å². The number of aryl methyl sites for hydroxylation is 1. The summed E-state index contributed by atoms with van der Waals surface area (Å²) in [6, 6.07) is 12.9. The number of halogens is 2. The number of ketones is 1. The molecule has 5 nitrogen and oxygen atoms in total. The number of fused-ring (bicyclic) bond motifs is 1. The minimum Gasteiger partial charge on any atom is -0.339 e. The van der Waals surface area contributed by atoms with E-state index in [0.29, 0.717) is 33.8 Å². The summed E-state index contributed by atoms with van der Waals surface area (Å²) < 4.78 is 0. The Bertz CT molecular complexity index is 1050. The number of hydrogen-bond donors (Lipinski definition) is 2. The summed E-state index contributed by atoms with van der Waals surface area (Å²) in [5.74, 6) is 0.982. The Labute approximate surface area is 173 Å². The third-order valence-electron chi connectivity index (χ3n) is 4.70. The Balaban J connectivity index is 1.75. The van der Waals surface area contributed by atoms with Gasteiger partial charge < -0.3 is 10.6 Å². The van der Waals surface area contributed by atoms with Crippen molar-refractivity contribution in [3.63, 3.8) is 0 Å². The zero-order chi connectivity index (χ0) is 19.7. The average Bonchev–Trinajstić information content (AvgIpc) is 2.67. The molecule has 0 saturated carbocycles. The van der Waals surface area contributed by atoms with Gasteiger partial charge in [0.05, 0.1) is 11.3 Å². The van der Waals surface area contributed by atoms with Crippen LogP contribution in [0.5, 0.6) is 0 Å². The second-order valence-electron chi connectivity index (χ2n) is 6.66. The molecule has 0 spiro atoms. The van der Waals surface area contributed by atoms with E-state index >= 15 is 0 Å². The fourth-order valence-electron chi connectivity index (χ4n) is 3.20. The summed E-state index contributed by atoms with van der Waals surface area (Å²) in [6.07, 6.45) is 2.03. The summed E-state index contributed by atoms with van der Waals surface area (Å²) in [5.41, 5.74) is 3.84. The predicted octanol–water partition coefficient (Wildman–Crippen LogP) is 6.10. The van der Waals surface area contributed by atoms with Crippen molar-refractivity contribution in [2.24, 2.45) is 0 Å². The van der Waals surface area contributed by atoms with Gasteiger partial charge in [-0.15, -0.1) is 0 Å². The topological polar surface area (TPSA) is 66.9 Å². The van der Waals surface area contributed by atoms with E-state index in [1.807, 2.05) is 37.3 Å². The molecule has 4 rings (SSSR count). The van der Waals surface area contributed by atoms with Crippen molar-refractivity contribution in [2.45, 2.75) is 26.2 Å². The third kappa shape index (κ3) is 3.81. The lowest BCUT2D eigenvalue weighted by Crippen LogP contribution is -2.18. The van der Waals surface area contributed by atoms with E-state index in [1.54, 1.807) is 12.1 Å². The summed E-state index contributed by atoms with van der Waals surface area (Å²) in [4.78, 5) is 21.7. The minimum atomic E-state index is 0.0569. The first-order valence-corrected chi connectivity index (χ1v) is 9.75. The molecule has 0 bridgehead atoms. The van der Waals surface area contributed by atoms with Gasteiger partial charge in [0.15, 0.2) is 5.78 Å². The molecule has 0 amide bonds. The van der Waals surface area contributed by atoms with E-state index in [2.05, 4.69) is 20.6 Å². The first kappa shape index (κ1) is 18.7. The smallest absolute Gasteiger partial charge is 0.229 e. The van der Waals surface area contributed by atoms with Crippen molar-refractivity contribution in [1.29, 1.82) is 0 Å². The number of nitrogens with zero attached hydrogens (tertiary/aromatic N) is 2. The van der Waals surface area contributed by atoms with Crippen LogP contribution in [0.25, 0.3) is 0 Å². The number of hydrogen-bond acceptors (Lipinski definition) is 5. The van der Waals surface area contributed by atoms with E-state index < -0.39 is 0 Å². The summed E-state index contributed by atoms with van der Waals surface area (Å²) in [6.45, 7) is 1.92. The highest BCUT2D eigenvalue weighted by atomic mass is 35.5. The molecule has 1 aliphatic rings. The Hall–Kier alpha value is -2.63. The lowest BCUT2D eigenvalue weighted by atomic mass is 9.95. The van der Waals surface area contributed by atoms with Gasteiger partial charge in [-0.3, -0.25) is 4.79 Å². The van der Waals surface area contributed by atoms with Crippen LogP contribution >= 0.6 is 23.2 Å². The van der Waals surface area contributed by atoms with Gasteiger partial charge in [0.2, 0.25) is 5.95 Å². The average molecular weight is 413 g/mol. The number of Topliss-reactive ketones (excluding diaryl/α,β-unsaturated/α-hetero) is 1. The van der Waals surface area contributed by atoms with Crippen molar-refractivity contribution in [3.05, 3.63) is 69.3 Å². The molecule has 0 saturated heterocycles. The van der Waals surface area contributed by atoms with Crippen LogP contribution in [0.4, 0.5) is 23.1 Å². The van der Waals surface area contributed by atoms with Crippen LogP contribution in [0, 0.1) is 6.92 Å². The molecule has 1 aromatic heterocycles. The maximum Gasteiger partial charge on any atom is 0.229 e. The Morgan fingerprint density at radius 3 is 2.54 bits per heavy atom. The number of carbonyl (C=O) groups excluding carboxylic acids is 1. The highest BCUT2D eigenvalue weighted by Gasteiger charge is 2.25. The molecule has 3 aromatic rings. The van der Waals surface area contributed by atoms with Crippen LogP contribution in [0.2, 0.25) is 10.0 Å². The second-order valence-corrected chi connectivity index (χ2v) is 7.51. The van der Waals surface area contributed by atoms with Gasteiger partial charge in [0.1, 0.15) is 5.82 Å². The van der Waals surface area contributed by atoms with Crippen molar-refractivity contribution in [1.82, 2.24) is 9.97 Å². The summed E-state index contributed by atoms with van der Waals surface area (Å²) >= 11 is 12.2. The standard InChI is InChI=1S/C21H18Cl2N4O/c1-12-15(23)4-2-5-16(12)25-20-19-17(6-3-7-18(19)28)26-21(27-20)24-14-10-8-13(22)9-11-14/h2,4-5,8-11H,3,6-7H2,1H3,(H2,24,25,26,27). The number of rotatable bonds is 4. The van der Waals surface area contributed by atoms with E-state index in [4.69, 9.17) is 23.2 Å². The van der Waals surface area contributed by atoms with Crippen molar-refractivity contribution in [2.75, 3.05) is 10.6 Å². The molecule has 28 heavy (non-hydrogen) atoms. The second kappa shape index (κ2) is 7.78. The molecule has 1 aliphatic carbocycles. The molecule has 2 N–H and O–H groups in total. The Kier molecular flexibility index (Phi) is 5.20. The number of nitrogens with one attached hydrogen (secondary N) is 2. The first-order chi connectivity index (χ1) is 13.5. The van der Waals surface area contributed by atoms with Gasteiger partial charge in [0, 0.05) is 27.8 Å². The fraction of sp³-hybridized carbons (Fsp3) is 0.190. The highest BCUT2D eigenvalue weighted by molar-refractivity contribution is 6.31. The van der Waals surface area contributed by atoms with Gasteiger partial charge >= 0.3 is 0 Å². The normalized spacial score (nSPS) is 13.2. The fourth-order valence-corrected chi connectivity index (χ4v) is 3.50. The largest absolute Gasteiger partial charge is 0.339 e. The molecule has 0 atom stereocenters. The number of anilines is 4. The zero-order valence-corrected chi connectivity index (χ0v) is 16.7. The molecule has 7 heteroatoms. The Morgan fingerprint density at radius 2 is 1.75 bits per heavy atom. The van der Waals surface area contributed by atoms with Crippen molar-refractivity contribution >= 4 is 52.1 Å². The number of aromatic nitrogens is 2. The molecular weight excluding hydrogens is 395 g/mol. The SMILES string of the molecule is Cc1c(Cl)cccc1Nc1nc(Nc2ccc(Cl)cc2)nc2c1C(=O)CCC2. The van der Waals surface area contributed by atoms with E-state index in [0.717, 1.165) is 35.5 Å². The number of benzene rings is 2. The Morgan fingerprint density at radius 1 is 0.964 bits per heavy atom. The highest BCUT2D eigenvalue weighted by Crippen LogP contribution is 2.32. The lowest BCUT2D eigenvalue weighted by molar-refractivity contribution is 0.0972. The van der Waals surface area contributed by atoms with Crippen LogP contribution in [-0.2, 0) is 6.42 Å². The van der Waals surface area contributed by atoms with Gasteiger partial charge in [-0.25, -0.2) is 4.98 Å². The van der Waals surface area contributed by atoms with E-state index in [1.165, 1.54) is 0 Å². The molecule has 1 heterocycles. The molecule has 0 fully saturated rings.